The van der Waals surface area contributed by atoms with Gasteiger partial charge in [0.15, 0.2) is 14.7 Å². The van der Waals surface area contributed by atoms with Crippen LogP contribution in [0.4, 0.5) is 0 Å². The molecule has 0 radical (unpaired) electrons. The van der Waals surface area contributed by atoms with E-state index in [1.807, 2.05) is 12.1 Å². The molecule has 0 atom stereocenters. The summed E-state index contributed by atoms with van der Waals surface area (Å²) in [6, 6.07) is 55.8. The maximum Gasteiger partial charge on any atom is 0.166 e. The predicted octanol–water partition coefficient (Wildman–Crippen LogP) is 11.1. The number of rotatable bonds is 7. The van der Waals surface area contributed by atoms with Crippen LogP contribution in [-0.2, 0) is 10.9 Å². The quantitative estimate of drug-likeness (QED) is 0.185. The van der Waals surface area contributed by atoms with Crippen LogP contribution in [0.5, 0.6) is 5.75 Å². The van der Waals surface area contributed by atoms with E-state index < -0.39 is 0 Å². The van der Waals surface area contributed by atoms with Gasteiger partial charge in [0.05, 0.1) is 10.9 Å². The third-order valence-corrected chi connectivity index (χ3v) is 11.3. The number of phenols is 1. The lowest BCUT2D eigenvalue weighted by atomic mass is 10.1. The number of hydrogen-bond donors (Lipinski definition) is 1. The molecule has 0 bridgehead atoms. The summed E-state index contributed by atoms with van der Waals surface area (Å²) < 4.78 is 0. The van der Waals surface area contributed by atoms with Crippen molar-refractivity contribution in [1.29, 1.82) is 0 Å². The van der Waals surface area contributed by atoms with Gasteiger partial charge in [-0.05, 0) is 119 Å². The Morgan fingerprint density at radius 2 is 0.714 bits per heavy atom. The fraction of sp³-hybridized carbons (Fsp3) is 0. The molecule has 0 spiro atoms. The van der Waals surface area contributed by atoms with Crippen molar-refractivity contribution in [2.24, 2.45) is 0 Å². The Morgan fingerprint density at radius 1 is 0.357 bits per heavy atom. The van der Waals surface area contributed by atoms with Gasteiger partial charge in [0.2, 0.25) is 0 Å². The van der Waals surface area contributed by atoms with Gasteiger partial charge in [0.1, 0.15) is 5.75 Å². The van der Waals surface area contributed by atoms with Crippen molar-refractivity contribution in [3.63, 3.8) is 0 Å². The zero-order chi connectivity index (χ0) is 28.3. The van der Waals surface area contributed by atoms with Gasteiger partial charge < -0.3 is 5.11 Å². The Bertz CT molecular complexity index is 1860. The molecule has 7 aromatic carbocycles. The molecule has 0 aromatic heterocycles. The first-order valence-corrected chi connectivity index (χ1v) is 16.6. The summed E-state index contributed by atoms with van der Waals surface area (Å²) >= 11 is 3.57. The number of hydrogen-bond acceptors (Lipinski definition) is 3. The fourth-order valence-electron chi connectivity index (χ4n) is 5.01. The largest absolute Gasteiger partial charge is 0.508 e. The molecule has 0 aliphatic carbocycles. The van der Waals surface area contributed by atoms with Crippen LogP contribution in [0.15, 0.2) is 192 Å². The summed E-state index contributed by atoms with van der Waals surface area (Å²) in [5.41, 5.74) is 0. The van der Waals surface area contributed by atoms with Gasteiger partial charge in [0, 0.05) is 19.6 Å². The topological polar surface area (TPSA) is 20.2 Å². The Kier molecular flexibility index (Phi) is 7.67. The monoisotopic (exact) mass is 595 g/mol. The predicted molar refractivity (Wildman–Crippen MR) is 179 cm³/mol. The van der Waals surface area contributed by atoms with Crippen LogP contribution in [-0.4, -0.2) is 5.11 Å². The average molecular weight is 596 g/mol. The van der Waals surface area contributed by atoms with E-state index in [0.29, 0.717) is 0 Å². The second-order valence-electron chi connectivity index (χ2n) is 9.96. The fourth-order valence-corrected chi connectivity index (χ4v) is 8.79. The van der Waals surface area contributed by atoms with Crippen molar-refractivity contribution in [2.75, 3.05) is 0 Å². The number of benzene rings is 7. The zero-order valence-corrected chi connectivity index (χ0v) is 25.1. The van der Waals surface area contributed by atoms with E-state index in [4.69, 9.17) is 0 Å². The van der Waals surface area contributed by atoms with Crippen molar-refractivity contribution in [3.05, 3.63) is 158 Å². The molecule has 42 heavy (non-hydrogen) atoms. The number of aromatic hydroxyl groups is 1. The van der Waals surface area contributed by atoms with Crippen molar-refractivity contribution in [2.45, 2.75) is 34.3 Å². The number of phenolic OH excluding ortho intramolecular Hbond substituents is 1. The van der Waals surface area contributed by atoms with Crippen molar-refractivity contribution < 1.29 is 5.11 Å². The van der Waals surface area contributed by atoms with E-state index >= 15 is 0 Å². The minimum atomic E-state index is -0.299. The molecular formula is C38H27OS3+. The maximum atomic E-state index is 9.96. The van der Waals surface area contributed by atoms with Gasteiger partial charge in [-0.25, -0.2) is 0 Å². The summed E-state index contributed by atoms with van der Waals surface area (Å²) in [5.74, 6) is 0.284. The second-order valence-corrected chi connectivity index (χ2v) is 14.3. The first-order valence-electron chi connectivity index (χ1n) is 13.7. The van der Waals surface area contributed by atoms with E-state index in [-0.39, 0.29) is 16.6 Å². The van der Waals surface area contributed by atoms with Crippen LogP contribution in [0.3, 0.4) is 0 Å². The highest BCUT2D eigenvalue weighted by molar-refractivity contribution is 7.99. The molecule has 4 heteroatoms. The van der Waals surface area contributed by atoms with Gasteiger partial charge in [-0.15, -0.1) is 0 Å². The normalized spacial score (nSPS) is 11.4. The maximum absolute atomic E-state index is 9.96. The molecule has 7 rings (SSSR count). The molecule has 0 fully saturated rings. The average Bonchev–Trinajstić information content (AvgIpc) is 3.04. The molecule has 0 aliphatic heterocycles. The molecule has 1 N–H and O–H groups in total. The molecule has 0 saturated heterocycles. The van der Waals surface area contributed by atoms with Gasteiger partial charge in [-0.2, -0.15) is 0 Å². The zero-order valence-electron chi connectivity index (χ0n) is 22.7. The Morgan fingerprint density at radius 3 is 1.14 bits per heavy atom. The summed E-state index contributed by atoms with van der Waals surface area (Å²) in [7, 11) is -0.299. The van der Waals surface area contributed by atoms with Gasteiger partial charge in [-0.3, -0.25) is 0 Å². The van der Waals surface area contributed by atoms with Crippen LogP contribution in [0.2, 0.25) is 0 Å². The Labute approximate surface area is 257 Å². The smallest absolute Gasteiger partial charge is 0.166 e. The molecule has 1 nitrogen and oxygen atoms in total. The van der Waals surface area contributed by atoms with Crippen molar-refractivity contribution in [3.8, 4) is 5.75 Å². The SMILES string of the molecule is Oc1ccc([S+](c2ccc(Sc3ccc4ccccc4c3)cc2)c2ccc(Sc3ccc4ccccc4c3)cc2)cc1. The molecule has 0 aliphatic rings. The Balaban J connectivity index is 1.15. The van der Waals surface area contributed by atoms with Gasteiger partial charge >= 0.3 is 0 Å². The van der Waals surface area contributed by atoms with Crippen LogP contribution >= 0.6 is 23.5 Å². The highest BCUT2D eigenvalue weighted by Gasteiger charge is 2.28. The van der Waals surface area contributed by atoms with Crippen LogP contribution < -0.4 is 0 Å². The van der Waals surface area contributed by atoms with Crippen molar-refractivity contribution >= 4 is 56.0 Å². The third kappa shape index (κ3) is 5.93. The minimum Gasteiger partial charge on any atom is -0.508 e. The Hall–Kier alpha value is -4.09. The molecule has 0 heterocycles. The summed E-state index contributed by atoms with van der Waals surface area (Å²) in [4.78, 5) is 8.57. The molecule has 7 aromatic rings. The van der Waals surface area contributed by atoms with Crippen LogP contribution in [0, 0.1) is 0 Å². The van der Waals surface area contributed by atoms with E-state index in [1.165, 1.54) is 55.8 Å². The molecule has 0 unspecified atom stereocenters. The molecule has 202 valence electrons. The summed E-state index contributed by atoms with van der Waals surface area (Å²) in [6.07, 6.45) is 0. The third-order valence-electron chi connectivity index (χ3n) is 7.10. The number of fused-ring (bicyclic) bond motifs is 2. The highest BCUT2D eigenvalue weighted by atomic mass is 32.2. The first kappa shape index (κ1) is 26.8. The molecule has 0 saturated carbocycles. The molecule has 0 amide bonds. The second kappa shape index (κ2) is 12.0. The van der Waals surface area contributed by atoms with E-state index in [2.05, 4.69) is 133 Å². The lowest BCUT2D eigenvalue weighted by molar-refractivity contribution is 0.475. The van der Waals surface area contributed by atoms with Crippen LogP contribution in [0.25, 0.3) is 21.5 Å². The van der Waals surface area contributed by atoms with E-state index in [9.17, 15) is 5.11 Å². The molecular weight excluding hydrogens is 569 g/mol. The lowest BCUT2D eigenvalue weighted by Gasteiger charge is -2.10. The van der Waals surface area contributed by atoms with Crippen LogP contribution in [0.1, 0.15) is 0 Å². The first-order chi connectivity index (χ1) is 20.7. The summed E-state index contributed by atoms with van der Waals surface area (Å²) in [6.45, 7) is 0. The van der Waals surface area contributed by atoms with Gasteiger partial charge in [0.25, 0.3) is 0 Å². The highest BCUT2D eigenvalue weighted by Crippen LogP contribution is 2.37. The van der Waals surface area contributed by atoms with E-state index in [0.717, 1.165) is 0 Å². The van der Waals surface area contributed by atoms with Gasteiger partial charge in [-0.1, -0.05) is 84.2 Å². The minimum absolute atomic E-state index is 0.284. The summed E-state index contributed by atoms with van der Waals surface area (Å²) in [5, 5.41) is 15.0. The van der Waals surface area contributed by atoms with E-state index in [1.54, 1.807) is 35.7 Å². The van der Waals surface area contributed by atoms with Crippen molar-refractivity contribution in [1.82, 2.24) is 0 Å². The standard InChI is InChI=1S/C38H26OS3/c39-31-11-19-36(20-12-31)42(37-21-15-32(16-22-37)40-34-13-9-27-5-1-3-7-29(27)25-34)38-23-17-33(18-24-38)41-35-14-10-28-6-2-4-8-30(28)26-35/h1-26H/p+1. The lowest BCUT2D eigenvalue weighted by Crippen LogP contribution is -2.04.